The van der Waals surface area contributed by atoms with Gasteiger partial charge in [-0.3, -0.25) is 0 Å². The van der Waals surface area contributed by atoms with E-state index in [2.05, 4.69) is 24.1 Å². The maximum atomic E-state index is 3.62. The van der Waals surface area contributed by atoms with Crippen molar-refractivity contribution < 1.29 is 0 Å². The summed E-state index contributed by atoms with van der Waals surface area (Å²) in [6.07, 6.45) is 5.63. The molecule has 0 bridgehead atoms. The van der Waals surface area contributed by atoms with E-state index >= 15 is 0 Å². The Kier molecular flexibility index (Phi) is 3.45. The Bertz CT molecular complexity index is 177. The van der Waals surface area contributed by atoms with E-state index in [0.717, 1.165) is 18.0 Å². The van der Waals surface area contributed by atoms with Gasteiger partial charge in [0.1, 0.15) is 0 Å². The van der Waals surface area contributed by atoms with Crippen molar-refractivity contribution in [2.24, 2.45) is 5.92 Å². The van der Waals surface area contributed by atoms with Crippen LogP contribution in [0.4, 0.5) is 0 Å². The van der Waals surface area contributed by atoms with Crippen LogP contribution in [0.3, 0.4) is 0 Å². The van der Waals surface area contributed by atoms with Crippen LogP contribution in [0.15, 0.2) is 0 Å². The standard InChI is InChI=1S/C12H24N2/c1-10(8-13-12-5-6-12)9-14-7-3-4-11(14)2/h10-13H,3-9H2,1-2H3. The minimum atomic E-state index is 0.816. The lowest BCUT2D eigenvalue weighted by molar-refractivity contribution is 0.229. The number of hydrogen-bond acceptors (Lipinski definition) is 2. The quantitative estimate of drug-likeness (QED) is 0.722. The topological polar surface area (TPSA) is 15.3 Å². The van der Waals surface area contributed by atoms with E-state index in [-0.39, 0.29) is 0 Å². The monoisotopic (exact) mass is 196 g/mol. The van der Waals surface area contributed by atoms with Crippen molar-refractivity contribution in [3.63, 3.8) is 0 Å². The molecule has 1 aliphatic carbocycles. The number of hydrogen-bond donors (Lipinski definition) is 1. The minimum Gasteiger partial charge on any atom is -0.314 e. The molecule has 2 atom stereocenters. The van der Waals surface area contributed by atoms with Crippen molar-refractivity contribution in [2.45, 2.75) is 51.6 Å². The van der Waals surface area contributed by atoms with Gasteiger partial charge in [-0.05, 0) is 51.6 Å². The fourth-order valence-corrected chi connectivity index (χ4v) is 2.38. The summed E-state index contributed by atoms with van der Waals surface area (Å²) in [6.45, 7) is 8.58. The van der Waals surface area contributed by atoms with E-state index in [1.54, 1.807) is 0 Å². The first-order valence-electron chi connectivity index (χ1n) is 6.23. The summed E-state index contributed by atoms with van der Waals surface area (Å²) >= 11 is 0. The van der Waals surface area contributed by atoms with Crippen LogP contribution in [-0.4, -0.2) is 36.6 Å². The zero-order valence-corrected chi connectivity index (χ0v) is 9.63. The van der Waals surface area contributed by atoms with Crippen molar-refractivity contribution in [3.8, 4) is 0 Å². The van der Waals surface area contributed by atoms with Crippen LogP contribution in [0.2, 0.25) is 0 Å². The Labute approximate surface area is 88.1 Å². The second-order valence-corrected chi connectivity index (χ2v) is 5.27. The van der Waals surface area contributed by atoms with Gasteiger partial charge in [0.05, 0.1) is 0 Å². The Morgan fingerprint density at radius 1 is 1.36 bits per heavy atom. The summed E-state index contributed by atoms with van der Waals surface area (Å²) < 4.78 is 0. The zero-order valence-electron chi connectivity index (χ0n) is 9.63. The van der Waals surface area contributed by atoms with Gasteiger partial charge >= 0.3 is 0 Å². The first-order valence-corrected chi connectivity index (χ1v) is 6.23. The van der Waals surface area contributed by atoms with Crippen LogP contribution in [0.25, 0.3) is 0 Å². The highest BCUT2D eigenvalue weighted by Crippen LogP contribution is 2.20. The van der Waals surface area contributed by atoms with E-state index in [1.807, 2.05) is 0 Å². The molecule has 1 aliphatic heterocycles. The van der Waals surface area contributed by atoms with E-state index in [9.17, 15) is 0 Å². The molecule has 1 N–H and O–H groups in total. The van der Waals surface area contributed by atoms with E-state index < -0.39 is 0 Å². The molecule has 1 heterocycles. The first kappa shape index (κ1) is 10.4. The number of likely N-dealkylation sites (tertiary alicyclic amines) is 1. The Morgan fingerprint density at radius 3 is 2.71 bits per heavy atom. The third kappa shape index (κ3) is 2.96. The van der Waals surface area contributed by atoms with Gasteiger partial charge in [0.2, 0.25) is 0 Å². The summed E-state index contributed by atoms with van der Waals surface area (Å²) in [7, 11) is 0. The van der Waals surface area contributed by atoms with Crippen LogP contribution in [-0.2, 0) is 0 Å². The lowest BCUT2D eigenvalue weighted by Gasteiger charge is -2.25. The van der Waals surface area contributed by atoms with Gasteiger partial charge in [0, 0.05) is 18.6 Å². The van der Waals surface area contributed by atoms with Gasteiger partial charge in [-0.15, -0.1) is 0 Å². The minimum absolute atomic E-state index is 0.816. The van der Waals surface area contributed by atoms with Crippen molar-refractivity contribution >= 4 is 0 Å². The highest BCUT2D eigenvalue weighted by Gasteiger charge is 2.24. The molecular formula is C12H24N2. The Morgan fingerprint density at radius 2 is 2.14 bits per heavy atom. The molecular weight excluding hydrogens is 172 g/mol. The Hall–Kier alpha value is -0.0800. The molecule has 1 saturated heterocycles. The molecule has 14 heavy (non-hydrogen) atoms. The number of nitrogens with one attached hydrogen (secondary N) is 1. The molecule has 0 radical (unpaired) electrons. The van der Waals surface area contributed by atoms with Gasteiger partial charge in [0.15, 0.2) is 0 Å². The summed E-state index contributed by atoms with van der Waals surface area (Å²) in [5, 5.41) is 3.62. The predicted octanol–water partition coefficient (Wildman–Crippen LogP) is 1.86. The molecule has 0 aromatic rings. The second-order valence-electron chi connectivity index (χ2n) is 5.27. The number of nitrogens with zero attached hydrogens (tertiary/aromatic N) is 1. The smallest absolute Gasteiger partial charge is 0.00683 e. The van der Waals surface area contributed by atoms with E-state index in [4.69, 9.17) is 0 Å². The SMILES string of the molecule is CC(CNC1CC1)CN1CCCC1C. The van der Waals surface area contributed by atoms with Gasteiger partial charge in [-0.25, -0.2) is 0 Å². The average molecular weight is 196 g/mol. The van der Waals surface area contributed by atoms with Crippen molar-refractivity contribution in [1.29, 1.82) is 0 Å². The molecule has 1 saturated carbocycles. The lowest BCUT2D eigenvalue weighted by atomic mass is 10.1. The lowest BCUT2D eigenvalue weighted by Crippen LogP contribution is -2.35. The fraction of sp³-hybridized carbons (Fsp3) is 1.00. The van der Waals surface area contributed by atoms with Crippen molar-refractivity contribution in [2.75, 3.05) is 19.6 Å². The molecule has 2 aliphatic rings. The van der Waals surface area contributed by atoms with Gasteiger partial charge < -0.3 is 10.2 Å². The molecule has 0 aromatic carbocycles. The molecule has 0 spiro atoms. The summed E-state index contributed by atoms with van der Waals surface area (Å²) in [4.78, 5) is 2.65. The highest BCUT2D eigenvalue weighted by atomic mass is 15.2. The maximum absolute atomic E-state index is 3.62. The van der Waals surface area contributed by atoms with Crippen molar-refractivity contribution in [3.05, 3.63) is 0 Å². The zero-order chi connectivity index (χ0) is 9.97. The molecule has 2 nitrogen and oxygen atoms in total. The number of rotatable bonds is 5. The molecule has 0 amide bonds. The molecule has 2 unspecified atom stereocenters. The normalized spacial score (nSPS) is 30.9. The third-order valence-electron chi connectivity index (χ3n) is 3.57. The third-order valence-corrected chi connectivity index (χ3v) is 3.57. The maximum Gasteiger partial charge on any atom is 0.00683 e. The van der Waals surface area contributed by atoms with Gasteiger partial charge in [-0.2, -0.15) is 0 Å². The predicted molar refractivity (Wildman–Crippen MR) is 60.5 cm³/mol. The van der Waals surface area contributed by atoms with Gasteiger partial charge in [-0.1, -0.05) is 6.92 Å². The van der Waals surface area contributed by atoms with Crippen LogP contribution >= 0.6 is 0 Å². The van der Waals surface area contributed by atoms with E-state index in [1.165, 1.54) is 45.3 Å². The molecule has 2 heteroatoms. The molecule has 2 rings (SSSR count). The average Bonchev–Trinajstić information content (AvgIpc) is 2.90. The summed E-state index contributed by atoms with van der Waals surface area (Å²) in [6, 6.07) is 1.70. The fourth-order valence-electron chi connectivity index (χ4n) is 2.38. The highest BCUT2D eigenvalue weighted by molar-refractivity contribution is 4.82. The van der Waals surface area contributed by atoms with Crippen LogP contribution in [0, 0.1) is 5.92 Å². The largest absolute Gasteiger partial charge is 0.314 e. The molecule has 82 valence electrons. The molecule has 2 fully saturated rings. The van der Waals surface area contributed by atoms with Crippen molar-refractivity contribution in [1.82, 2.24) is 10.2 Å². The van der Waals surface area contributed by atoms with Crippen LogP contribution < -0.4 is 5.32 Å². The summed E-state index contributed by atoms with van der Waals surface area (Å²) in [5.74, 6) is 0.816. The second kappa shape index (κ2) is 4.63. The summed E-state index contributed by atoms with van der Waals surface area (Å²) in [5.41, 5.74) is 0. The Balaban J connectivity index is 1.62. The van der Waals surface area contributed by atoms with Gasteiger partial charge in [0.25, 0.3) is 0 Å². The first-order chi connectivity index (χ1) is 6.75. The molecule has 0 aromatic heterocycles. The van der Waals surface area contributed by atoms with E-state index in [0.29, 0.717) is 0 Å². The van der Waals surface area contributed by atoms with Crippen LogP contribution in [0.5, 0.6) is 0 Å². The van der Waals surface area contributed by atoms with Crippen LogP contribution in [0.1, 0.15) is 39.5 Å².